The van der Waals surface area contributed by atoms with E-state index in [1.807, 2.05) is 49.3 Å². The maximum atomic E-state index is 14.8. The maximum Gasteiger partial charge on any atom is 0.407 e. The van der Waals surface area contributed by atoms with Gasteiger partial charge in [0, 0.05) is 18.4 Å². The molecule has 3 saturated heterocycles. The molecule has 3 fully saturated rings. The van der Waals surface area contributed by atoms with Gasteiger partial charge in [0.15, 0.2) is 0 Å². The predicted octanol–water partition coefficient (Wildman–Crippen LogP) is 12.1. The van der Waals surface area contributed by atoms with Gasteiger partial charge in [-0.15, -0.1) is 0 Å². The second-order valence-electron chi connectivity index (χ2n) is 22.9. The van der Waals surface area contributed by atoms with E-state index in [4.69, 9.17) is 14.7 Å². The van der Waals surface area contributed by atoms with E-state index in [0.717, 1.165) is 90.7 Å². The number of alkyl carbamates (subject to hydrolysis) is 1. The van der Waals surface area contributed by atoms with Crippen LogP contribution in [0.3, 0.4) is 0 Å². The highest BCUT2D eigenvalue weighted by atomic mass is 28.3. The summed E-state index contributed by atoms with van der Waals surface area (Å²) in [4.78, 5) is 66.6. The zero-order valence-corrected chi connectivity index (χ0v) is 46.2. The van der Waals surface area contributed by atoms with Gasteiger partial charge in [0.2, 0.25) is 11.8 Å². The van der Waals surface area contributed by atoms with Crippen LogP contribution in [-0.2, 0) is 19.7 Å². The first-order chi connectivity index (χ1) is 35.5. The Morgan fingerprint density at radius 3 is 1.80 bits per heavy atom. The van der Waals surface area contributed by atoms with Crippen molar-refractivity contribution in [1.29, 1.82) is 0 Å². The first-order valence-corrected chi connectivity index (χ1v) is 30.3. The lowest BCUT2D eigenvalue weighted by Crippen LogP contribution is -2.51. The number of carbonyl (C=O) groups excluding carboxylic acids is 3. The highest BCUT2D eigenvalue weighted by Gasteiger charge is 2.46. The zero-order valence-electron chi connectivity index (χ0n) is 45.2. The van der Waals surface area contributed by atoms with Crippen molar-refractivity contribution in [3.63, 3.8) is 0 Å². The first kappa shape index (κ1) is 52.4. The molecule has 74 heavy (non-hydrogen) atoms. The van der Waals surface area contributed by atoms with Crippen LogP contribution in [0.15, 0.2) is 116 Å². The molecular weight excluding hydrogens is 939 g/mol. The Bertz CT molecular complexity index is 2870. The van der Waals surface area contributed by atoms with Crippen LogP contribution in [0, 0.1) is 5.92 Å². The topological polar surface area (TPSA) is 143 Å². The molecule has 0 aliphatic carbocycles. The molecule has 0 radical (unpaired) electrons. The molecule has 6 aromatic rings. The molecule has 0 unspecified atom stereocenters. The summed E-state index contributed by atoms with van der Waals surface area (Å²) in [6, 6.07) is 37.2. The molecule has 9 rings (SSSR count). The minimum absolute atomic E-state index is 0.0382. The fraction of sp³-hybridized carbons (Fsp3) is 0.450. The molecule has 3 amide bonds. The lowest BCUT2D eigenvalue weighted by atomic mass is 9.87. The number of benzene rings is 4. The number of likely N-dealkylation sites (tertiary alicyclic amines) is 1. The van der Waals surface area contributed by atoms with E-state index in [1.54, 1.807) is 0 Å². The summed E-state index contributed by atoms with van der Waals surface area (Å²) in [7, 11) is -0.418. The molecule has 0 bridgehead atoms. The summed E-state index contributed by atoms with van der Waals surface area (Å²) in [5, 5.41) is 2.74. The average Bonchev–Trinajstić information content (AvgIpc) is 4.27. The van der Waals surface area contributed by atoms with Gasteiger partial charge in [-0.1, -0.05) is 153 Å². The van der Waals surface area contributed by atoms with Crippen molar-refractivity contribution in [3.05, 3.63) is 149 Å². The number of aromatic amines is 2. The van der Waals surface area contributed by atoms with Gasteiger partial charge in [0.1, 0.15) is 23.7 Å². The van der Waals surface area contributed by atoms with E-state index in [0.29, 0.717) is 6.54 Å². The number of ether oxygens (including phenoxy) is 1. The van der Waals surface area contributed by atoms with Gasteiger partial charge in [-0.25, -0.2) is 14.8 Å². The van der Waals surface area contributed by atoms with Crippen molar-refractivity contribution in [2.24, 2.45) is 5.92 Å². The van der Waals surface area contributed by atoms with Crippen LogP contribution >= 0.6 is 0 Å². The number of aromatic nitrogens is 4. The van der Waals surface area contributed by atoms with Crippen LogP contribution in [0.2, 0.25) is 19.1 Å². The van der Waals surface area contributed by atoms with Crippen molar-refractivity contribution < 1.29 is 19.1 Å². The van der Waals surface area contributed by atoms with E-state index >= 15 is 0 Å². The first-order valence-electron chi connectivity index (χ1n) is 26.9. The number of rotatable bonds is 15. The Hall–Kier alpha value is -6.51. The van der Waals surface area contributed by atoms with Crippen molar-refractivity contribution >= 4 is 31.7 Å². The summed E-state index contributed by atoms with van der Waals surface area (Å²) in [5.74, 6) is 1.55. The highest BCUT2D eigenvalue weighted by molar-refractivity contribution is 6.78. The third kappa shape index (κ3) is 10.8. The lowest BCUT2D eigenvalue weighted by Gasteiger charge is -2.34. The van der Waals surface area contributed by atoms with E-state index < -0.39 is 20.2 Å². The Balaban J connectivity index is 0.942. The minimum atomic E-state index is -1.73. The van der Waals surface area contributed by atoms with Crippen molar-refractivity contribution in [2.75, 3.05) is 37.8 Å². The van der Waals surface area contributed by atoms with Crippen molar-refractivity contribution in [3.8, 4) is 22.5 Å². The predicted molar refractivity (Wildman–Crippen MR) is 297 cm³/mol. The number of nitrogens with one attached hydrogen (secondary N) is 3. The van der Waals surface area contributed by atoms with Gasteiger partial charge in [0.05, 0.1) is 63.1 Å². The molecule has 4 aromatic carbocycles. The third-order valence-electron chi connectivity index (χ3n) is 15.9. The number of hydrogen-bond donors (Lipinski definition) is 3. The van der Waals surface area contributed by atoms with E-state index in [9.17, 15) is 14.4 Å². The van der Waals surface area contributed by atoms with Gasteiger partial charge < -0.3 is 34.7 Å². The normalized spacial score (nSPS) is 20.6. The standard InChI is InChI=1S/C60H77N9O4Si/c1-11-66(12-2)54(44-17-14-13-15-18-44)58(71)68-38-74(9,10)37-52(68)56-62-36-48(64-56)41-22-26-43(27-23-41)50-33-32-49(69(50)46-30-28-45(29-31-46)60(5,6)7)42-24-20-40(21-25-42)47-35-61-55(63-47)51-19-16-34-67(51)57(70)53(39(3)4)65-59(72)73-8/h13-15,17-18,20-31,35-36,39,49-54H,11-12,16,19,32-34,37-38H2,1-10H3,(H,61,63)(H,62,64)(H,65,72)/t49-,50-,51+,52+,53+,54+/m1/s1. The molecule has 0 saturated carbocycles. The van der Waals surface area contributed by atoms with Crippen LogP contribution in [0.1, 0.15) is 138 Å². The lowest BCUT2D eigenvalue weighted by molar-refractivity contribution is -0.138. The number of carbonyl (C=O) groups is 3. The van der Waals surface area contributed by atoms with Crippen LogP contribution in [0.5, 0.6) is 0 Å². The third-order valence-corrected chi connectivity index (χ3v) is 18.6. The van der Waals surface area contributed by atoms with Crippen LogP contribution in [-0.4, -0.2) is 99.6 Å². The van der Waals surface area contributed by atoms with Gasteiger partial charge in [-0.3, -0.25) is 14.5 Å². The van der Waals surface area contributed by atoms with Crippen molar-refractivity contribution in [1.82, 2.24) is 40.0 Å². The van der Waals surface area contributed by atoms with Crippen LogP contribution in [0.4, 0.5) is 10.5 Å². The number of H-pyrrole nitrogens is 2. The van der Waals surface area contributed by atoms with E-state index in [2.05, 4.69) is 163 Å². The van der Waals surface area contributed by atoms with Crippen LogP contribution in [0.25, 0.3) is 22.5 Å². The molecule has 3 aliphatic rings. The fourth-order valence-corrected chi connectivity index (χ4v) is 14.8. The maximum absolute atomic E-state index is 14.8. The Morgan fingerprint density at radius 2 is 1.28 bits per heavy atom. The average molecular weight is 1020 g/mol. The summed E-state index contributed by atoms with van der Waals surface area (Å²) >= 11 is 0. The molecule has 2 aromatic heterocycles. The van der Waals surface area contributed by atoms with Gasteiger partial charge in [0.25, 0.3) is 0 Å². The molecule has 5 heterocycles. The fourth-order valence-electron chi connectivity index (χ4n) is 11.9. The molecule has 6 atom stereocenters. The largest absolute Gasteiger partial charge is 0.453 e. The zero-order chi connectivity index (χ0) is 52.5. The smallest absolute Gasteiger partial charge is 0.407 e. The van der Waals surface area contributed by atoms with Gasteiger partial charge in [-0.05, 0) is 102 Å². The van der Waals surface area contributed by atoms with Gasteiger partial charge in [-0.2, -0.15) is 0 Å². The van der Waals surface area contributed by atoms with Crippen molar-refractivity contribution in [2.45, 2.75) is 135 Å². The molecule has 3 aliphatic heterocycles. The van der Waals surface area contributed by atoms with E-state index in [-0.39, 0.29) is 53.4 Å². The quantitative estimate of drug-likeness (QED) is 0.0863. The van der Waals surface area contributed by atoms with E-state index in [1.165, 1.54) is 29.5 Å². The molecule has 3 N–H and O–H groups in total. The summed E-state index contributed by atoms with van der Waals surface area (Å²) in [5.41, 5.74) is 10.0. The van der Waals surface area contributed by atoms with Gasteiger partial charge >= 0.3 is 6.09 Å². The number of nitrogens with zero attached hydrogens (tertiary/aromatic N) is 6. The number of likely N-dealkylation sites (N-methyl/N-ethyl adjacent to an activating group) is 1. The number of methoxy groups -OCH3 is 1. The second kappa shape index (κ2) is 21.8. The summed E-state index contributed by atoms with van der Waals surface area (Å²) in [6.45, 7) is 21.9. The molecule has 390 valence electrons. The Labute approximate surface area is 439 Å². The number of amides is 3. The Morgan fingerprint density at radius 1 is 0.730 bits per heavy atom. The monoisotopic (exact) mass is 1020 g/mol. The Kier molecular flexibility index (Phi) is 15.4. The molecule has 13 nitrogen and oxygen atoms in total. The SMILES string of the molecule is CCN(CC)[C@H](C(=O)N1C[Si](C)(C)C[C@H]1c1ncc(-c2ccc([C@H]3CC[C@H](c4ccc(-c5cnc([C@@H]6CCCN6C(=O)[C@@H](NC(=O)OC)C(C)C)[nH]5)cc4)N3c3ccc(C(C)(C)C)cc3)cc2)[nH]1)c1ccccc1. The second-order valence-corrected chi connectivity index (χ2v) is 27.9. The molecule has 0 spiro atoms. The summed E-state index contributed by atoms with van der Waals surface area (Å²) < 4.78 is 4.83. The molecular formula is C60H77N9O4Si. The minimum Gasteiger partial charge on any atom is -0.453 e. The molecule has 14 heteroatoms. The van der Waals surface area contributed by atoms with Crippen LogP contribution < -0.4 is 10.2 Å². The number of anilines is 1. The summed E-state index contributed by atoms with van der Waals surface area (Å²) in [6.07, 6.45) is 7.64. The number of hydrogen-bond acceptors (Lipinski definition) is 8. The highest BCUT2D eigenvalue weighted by Crippen LogP contribution is 2.48. The number of imidazole rings is 2.